The number of ether oxygens (including phenoxy) is 3. The third-order valence-corrected chi connectivity index (χ3v) is 5.30. The normalized spacial score (nSPS) is 18.2. The quantitative estimate of drug-likeness (QED) is 0.736. The number of nitrogens with zero attached hydrogens (tertiary/aromatic N) is 1. The van der Waals surface area contributed by atoms with E-state index in [2.05, 4.69) is 12.1 Å². The lowest BCUT2D eigenvalue weighted by Gasteiger charge is -2.23. The van der Waals surface area contributed by atoms with Crippen LogP contribution < -0.4 is 0 Å². The number of benzene rings is 2. The van der Waals surface area contributed by atoms with Gasteiger partial charge in [0.1, 0.15) is 6.61 Å². The molecule has 30 heavy (non-hydrogen) atoms. The predicted molar refractivity (Wildman–Crippen MR) is 109 cm³/mol. The van der Waals surface area contributed by atoms with Gasteiger partial charge in [-0.05, 0) is 36.1 Å². The van der Waals surface area contributed by atoms with E-state index in [1.807, 2.05) is 36.4 Å². The van der Waals surface area contributed by atoms with Crippen LogP contribution in [0.2, 0.25) is 0 Å². The third-order valence-electron chi connectivity index (χ3n) is 5.30. The van der Waals surface area contributed by atoms with Crippen LogP contribution in [0.15, 0.2) is 48.5 Å². The Morgan fingerprint density at radius 3 is 2.30 bits per heavy atom. The first kappa shape index (κ1) is 20.4. The Bertz CT molecular complexity index is 905. The van der Waals surface area contributed by atoms with Crippen molar-refractivity contribution >= 4 is 12.1 Å². The molecule has 1 atom stereocenters. The molecule has 1 heterocycles. The number of aliphatic hydroxyl groups is 1. The molecular formula is C23H25NO6. The van der Waals surface area contributed by atoms with Crippen molar-refractivity contribution in [1.82, 2.24) is 4.90 Å². The van der Waals surface area contributed by atoms with E-state index in [0.717, 1.165) is 22.3 Å². The average Bonchev–Trinajstić information content (AvgIpc) is 3.24. The minimum Gasteiger partial charge on any atom is -0.448 e. The molecule has 0 saturated carbocycles. The molecule has 1 aliphatic carbocycles. The van der Waals surface area contributed by atoms with Crippen LogP contribution >= 0.6 is 0 Å². The molecule has 7 heteroatoms. The fraction of sp³-hybridized carbons (Fsp3) is 0.391. The highest BCUT2D eigenvalue weighted by Crippen LogP contribution is 2.44. The number of hydrogen-bond donors (Lipinski definition) is 1. The van der Waals surface area contributed by atoms with Gasteiger partial charge >= 0.3 is 12.1 Å². The summed E-state index contributed by atoms with van der Waals surface area (Å²) in [5, 5.41) is 9.75. The van der Waals surface area contributed by atoms with E-state index in [1.165, 1.54) is 4.90 Å². The number of carbonyl (C=O) groups is 2. The second kappa shape index (κ2) is 8.08. The smallest absolute Gasteiger partial charge is 0.413 e. The molecule has 0 aromatic heterocycles. The summed E-state index contributed by atoms with van der Waals surface area (Å²) < 4.78 is 16.0. The van der Waals surface area contributed by atoms with Crippen molar-refractivity contribution in [3.8, 4) is 11.1 Å². The molecule has 1 saturated heterocycles. The zero-order valence-corrected chi connectivity index (χ0v) is 17.0. The lowest BCUT2D eigenvalue weighted by atomic mass is 9.98. The van der Waals surface area contributed by atoms with Crippen LogP contribution in [0, 0.1) is 0 Å². The maximum atomic E-state index is 12.7. The van der Waals surface area contributed by atoms with Crippen molar-refractivity contribution in [2.75, 3.05) is 26.6 Å². The number of hydrogen-bond acceptors (Lipinski definition) is 6. The Labute approximate surface area is 175 Å². The fourth-order valence-electron chi connectivity index (χ4n) is 3.88. The van der Waals surface area contributed by atoms with E-state index in [1.54, 1.807) is 13.8 Å². The van der Waals surface area contributed by atoms with Gasteiger partial charge in [-0.1, -0.05) is 48.5 Å². The number of carbonyl (C=O) groups excluding carboxylic acids is 2. The molecule has 4 rings (SSSR count). The number of esters is 1. The lowest BCUT2D eigenvalue weighted by Crippen LogP contribution is -2.42. The van der Waals surface area contributed by atoms with Crippen LogP contribution in [0.3, 0.4) is 0 Å². The van der Waals surface area contributed by atoms with E-state index in [9.17, 15) is 14.7 Å². The van der Waals surface area contributed by atoms with Gasteiger partial charge in [0.15, 0.2) is 12.8 Å². The Morgan fingerprint density at radius 2 is 1.70 bits per heavy atom. The highest BCUT2D eigenvalue weighted by Gasteiger charge is 2.40. The minimum atomic E-state index is -1.03. The average molecular weight is 411 g/mol. The van der Waals surface area contributed by atoms with E-state index in [0.29, 0.717) is 0 Å². The molecule has 1 amide bonds. The van der Waals surface area contributed by atoms with E-state index >= 15 is 0 Å². The highest BCUT2D eigenvalue weighted by atomic mass is 16.6. The number of cyclic esters (lactones) is 1. The molecule has 1 N–H and O–H groups in total. The first-order chi connectivity index (χ1) is 14.3. The second-order valence-corrected chi connectivity index (χ2v) is 8.21. The molecule has 0 spiro atoms. The summed E-state index contributed by atoms with van der Waals surface area (Å²) in [6, 6.07) is 15.3. The molecule has 1 aliphatic heterocycles. The van der Waals surface area contributed by atoms with Gasteiger partial charge in [-0.3, -0.25) is 4.90 Å². The number of rotatable bonds is 6. The first-order valence-electron chi connectivity index (χ1n) is 9.93. The maximum absolute atomic E-state index is 12.7. The van der Waals surface area contributed by atoms with Gasteiger partial charge in [0.2, 0.25) is 0 Å². The molecule has 2 aromatic carbocycles. The monoisotopic (exact) mass is 411 g/mol. The van der Waals surface area contributed by atoms with Crippen molar-refractivity contribution in [3.63, 3.8) is 0 Å². The molecule has 158 valence electrons. The van der Waals surface area contributed by atoms with Crippen LogP contribution in [-0.2, 0) is 19.0 Å². The maximum Gasteiger partial charge on any atom is 0.413 e. The third kappa shape index (κ3) is 4.04. The molecule has 7 nitrogen and oxygen atoms in total. The SMILES string of the molecule is CC(C)(O)COC[C@H]1C(=O)OCN1C(=O)OCC1c2ccccc2-c2ccccc21. The highest BCUT2D eigenvalue weighted by molar-refractivity contribution is 5.84. The number of fused-ring (bicyclic) bond motifs is 3. The van der Waals surface area contributed by atoms with Gasteiger partial charge in [0, 0.05) is 5.92 Å². The summed E-state index contributed by atoms with van der Waals surface area (Å²) in [7, 11) is 0. The Hall–Kier alpha value is -2.90. The van der Waals surface area contributed by atoms with Crippen molar-refractivity contribution in [3.05, 3.63) is 59.7 Å². The Morgan fingerprint density at radius 1 is 1.10 bits per heavy atom. The van der Waals surface area contributed by atoms with Crippen LogP contribution in [-0.4, -0.2) is 60.3 Å². The molecule has 0 unspecified atom stereocenters. The van der Waals surface area contributed by atoms with Gasteiger partial charge < -0.3 is 19.3 Å². The topological polar surface area (TPSA) is 85.3 Å². The Kier molecular flexibility index (Phi) is 5.49. The van der Waals surface area contributed by atoms with E-state index < -0.39 is 23.7 Å². The minimum absolute atomic E-state index is 0.0370. The van der Waals surface area contributed by atoms with Gasteiger partial charge in [-0.25, -0.2) is 9.59 Å². The first-order valence-corrected chi connectivity index (χ1v) is 9.93. The standard InChI is InChI=1S/C23H25NO6/c1-23(2,27)13-28-12-20-21(25)30-14-24(20)22(26)29-11-19-17-9-5-3-7-15(17)16-8-4-6-10-18(16)19/h3-10,19-20,27H,11-14H2,1-2H3/t20-/m0/s1. The molecule has 0 radical (unpaired) electrons. The van der Waals surface area contributed by atoms with Crippen LogP contribution in [0.1, 0.15) is 30.9 Å². The van der Waals surface area contributed by atoms with Gasteiger partial charge in [-0.2, -0.15) is 0 Å². The zero-order valence-electron chi connectivity index (χ0n) is 17.0. The Balaban J connectivity index is 1.42. The molecule has 2 aliphatic rings. The summed E-state index contributed by atoms with van der Waals surface area (Å²) in [4.78, 5) is 25.9. The lowest BCUT2D eigenvalue weighted by molar-refractivity contribution is -0.140. The van der Waals surface area contributed by atoms with Gasteiger partial charge in [0.25, 0.3) is 0 Å². The van der Waals surface area contributed by atoms with Crippen molar-refractivity contribution in [2.24, 2.45) is 0 Å². The molecular weight excluding hydrogens is 386 g/mol. The summed E-state index contributed by atoms with van der Waals surface area (Å²) in [6.45, 7) is 3.16. The number of amides is 1. The fourth-order valence-corrected chi connectivity index (χ4v) is 3.88. The molecule has 0 bridgehead atoms. The summed E-state index contributed by atoms with van der Waals surface area (Å²) in [5.41, 5.74) is 3.49. The van der Waals surface area contributed by atoms with Crippen molar-refractivity contribution in [1.29, 1.82) is 0 Å². The van der Waals surface area contributed by atoms with Crippen molar-refractivity contribution < 1.29 is 28.9 Å². The van der Waals surface area contributed by atoms with Gasteiger partial charge in [0.05, 0.1) is 18.8 Å². The summed E-state index contributed by atoms with van der Waals surface area (Å²) in [5.74, 6) is -0.607. The van der Waals surface area contributed by atoms with Crippen molar-refractivity contribution in [2.45, 2.75) is 31.4 Å². The van der Waals surface area contributed by atoms with E-state index in [-0.39, 0.29) is 32.5 Å². The van der Waals surface area contributed by atoms with Crippen LogP contribution in [0.25, 0.3) is 11.1 Å². The molecule has 1 fully saturated rings. The van der Waals surface area contributed by atoms with Gasteiger partial charge in [-0.15, -0.1) is 0 Å². The van der Waals surface area contributed by atoms with Crippen LogP contribution in [0.5, 0.6) is 0 Å². The van der Waals surface area contributed by atoms with Crippen LogP contribution in [0.4, 0.5) is 4.79 Å². The predicted octanol–water partition coefficient (Wildman–Crippen LogP) is 2.91. The largest absolute Gasteiger partial charge is 0.448 e. The molecule has 2 aromatic rings. The van der Waals surface area contributed by atoms with E-state index in [4.69, 9.17) is 14.2 Å². The second-order valence-electron chi connectivity index (χ2n) is 8.21. The summed E-state index contributed by atoms with van der Waals surface area (Å²) in [6.07, 6.45) is -0.625. The zero-order chi connectivity index (χ0) is 21.3. The summed E-state index contributed by atoms with van der Waals surface area (Å²) >= 11 is 0.